The fourth-order valence-electron chi connectivity index (χ4n) is 3.37. The van der Waals surface area contributed by atoms with Gasteiger partial charge in [0.15, 0.2) is 5.76 Å². The van der Waals surface area contributed by atoms with Gasteiger partial charge in [-0.2, -0.15) is 4.98 Å². The number of nitrogens with one attached hydrogen (secondary N) is 2. The van der Waals surface area contributed by atoms with Crippen molar-refractivity contribution in [2.24, 2.45) is 0 Å². The van der Waals surface area contributed by atoms with Gasteiger partial charge in [-0.1, -0.05) is 41.6 Å². The first-order chi connectivity index (χ1) is 15.2. The molecule has 5 rings (SSSR count). The number of pyridine rings is 1. The van der Waals surface area contributed by atoms with Crippen LogP contribution in [0.15, 0.2) is 86.7 Å². The first-order valence-electron chi connectivity index (χ1n) is 9.55. The third-order valence-electron chi connectivity index (χ3n) is 4.81. The van der Waals surface area contributed by atoms with Crippen LogP contribution in [-0.2, 0) is 6.42 Å². The van der Waals surface area contributed by atoms with Crippen LogP contribution in [0.2, 0.25) is 0 Å². The van der Waals surface area contributed by atoms with Crippen LogP contribution in [0, 0.1) is 0 Å². The third kappa shape index (κ3) is 3.74. The van der Waals surface area contributed by atoms with Gasteiger partial charge < -0.3 is 19.2 Å². The Kier molecular flexibility index (Phi) is 4.64. The van der Waals surface area contributed by atoms with E-state index in [-0.39, 0.29) is 11.5 Å². The van der Waals surface area contributed by atoms with Crippen molar-refractivity contribution >= 4 is 22.5 Å². The Labute approximate surface area is 175 Å². The van der Waals surface area contributed by atoms with Crippen molar-refractivity contribution in [3.8, 4) is 11.6 Å². The first kappa shape index (κ1) is 18.6. The number of hydrogen-bond acceptors (Lipinski definition) is 6. The molecule has 0 unspecified atom stereocenters. The predicted molar refractivity (Wildman–Crippen MR) is 114 cm³/mol. The molecule has 2 N–H and O–H groups in total. The average Bonchev–Trinajstić information content (AvgIpc) is 3.46. The second-order valence-electron chi connectivity index (χ2n) is 6.87. The lowest BCUT2D eigenvalue weighted by Crippen LogP contribution is -2.17. The molecule has 152 valence electrons. The lowest BCUT2D eigenvalue weighted by Gasteiger charge is -2.11. The molecule has 31 heavy (non-hydrogen) atoms. The topological polar surface area (TPSA) is 114 Å². The number of H-pyrrole nitrogens is 1. The highest BCUT2D eigenvalue weighted by Crippen LogP contribution is 2.23. The van der Waals surface area contributed by atoms with Gasteiger partial charge in [0.2, 0.25) is 17.3 Å². The zero-order chi connectivity index (χ0) is 21.2. The van der Waals surface area contributed by atoms with Gasteiger partial charge in [0.05, 0.1) is 18.2 Å². The van der Waals surface area contributed by atoms with Crippen molar-refractivity contribution in [1.29, 1.82) is 0 Å². The molecule has 0 saturated heterocycles. The fraction of sp³-hybridized carbons (Fsp3) is 0.0435. The maximum Gasteiger partial charge on any atom is 0.256 e. The number of rotatable bonds is 5. The molecule has 8 nitrogen and oxygen atoms in total. The molecular weight excluding hydrogens is 396 g/mol. The van der Waals surface area contributed by atoms with Crippen molar-refractivity contribution < 1.29 is 13.7 Å². The molecule has 0 aliphatic rings. The summed E-state index contributed by atoms with van der Waals surface area (Å²) in [5, 5.41) is 7.50. The maximum atomic E-state index is 13.0. The minimum Gasteiger partial charge on any atom is -0.461 e. The largest absolute Gasteiger partial charge is 0.461 e. The van der Waals surface area contributed by atoms with Gasteiger partial charge in [0.25, 0.3) is 5.91 Å². The summed E-state index contributed by atoms with van der Waals surface area (Å²) in [5.41, 5.74) is 1.94. The lowest BCUT2D eigenvalue weighted by atomic mass is 10.1. The number of carbonyl (C=O) groups excluding carboxylic acids is 1. The normalized spacial score (nSPS) is 11.0. The van der Waals surface area contributed by atoms with E-state index in [1.165, 1.54) is 12.3 Å². The van der Waals surface area contributed by atoms with Gasteiger partial charge in [-0.05, 0) is 29.8 Å². The molecule has 3 heterocycles. The molecule has 0 spiro atoms. The number of nitrogens with zero attached hydrogens (tertiary/aromatic N) is 2. The van der Waals surface area contributed by atoms with Gasteiger partial charge in [0.1, 0.15) is 0 Å². The van der Waals surface area contributed by atoms with E-state index in [0.29, 0.717) is 46.0 Å². The highest BCUT2D eigenvalue weighted by Gasteiger charge is 2.16. The van der Waals surface area contributed by atoms with Gasteiger partial charge in [0, 0.05) is 22.7 Å². The molecule has 3 aromatic heterocycles. The van der Waals surface area contributed by atoms with Gasteiger partial charge in [-0.3, -0.25) is 9.59 Å². The summed E-state index contributed by atoms with van der Waals surface area (Å²) in [5.74, 6) is 0.875. The molecule has 0 aliphatic heterocycles. The molecular formula is C23H16N4O4. The molecule has 0 radical (unpaired) electrons. The Morgan fingerprint density at radius 2 is 1.87 bits per heavy atom. The molecule has 0 fully saturated rings. The molecule has 0 atom stereocenters. The van der Waals surface area contributed by atoms with E-state index in [9.17, 15) is 9.59 Å². The van der Waals surface area contributed by atoms with Crippen molar-refractivity contribution in [3.05, 3.63) is 100 Å². The zero-order valence-corrected chi connectivity index (χ0v) is 16.2. The second kappa shape index (κ2) is 7.75. The van der Waals surface area contributed by atoms with E-state index in [1.54, 1.807) is 36.4 Å². The highest BCUT2D eigenvalue weighted by atomic mass is 16.5. The van der Waals surface area contributed by atoms with E-state index in [0.717, 1.165) is 5.56 Å². The number of hydrogen-bond donors (Lipinski definition) is 2. The smallest absolute Gasteiger partial charge is 0.256 e. The van der Waals surface area contributed by atoms with E-state index in [1.807, 2.05) is 24.3 Å². The molecule has 0 saturated carbocycles. The Bertz CT molecular complexity index is 1430. The summed E-state index contributed by atoms with van der Waals surface area (Å²) in [4.78, 5) is 32.1. The van der Waals surface area contributed by atoms with E-state index < -0.39 is 0 Å². The van der Waals surface area contributed by atoms with Crippen LogP contribution in [-0.4, -0.2) is 21.0 Å². The number of anilines is 1. The summed E-state index contributed by atoms with van der Waals surface area (Å²) in [7, 11) is 0. The molecule has 1 amide bonds. The number of furan rings is 1. The van der Waals surface area contributed by atoms with Gasteiger partial charge in [-0.15, -0.1) is 0 Å². The van der Waals surface area contributed by atoms with Crippen LogP contribution in [0.3, 0.4) is 0 Å². The number of para-hydroxylation sites is 2. The minimum absolute atomic E-state index is 0.298. The van der Waals surface area contributed by atoms with Gasteiger partial charge in [-0.25, -0.2) is 0 Å². The molecule has 0 bridgehead atoms. The summed E-state index contributed by atoms with van der Waals surface area (Å²) in [6.07, 6.45) is 1.86. The van der Waals surface area contributed by atoms with Crippen molar-refractivity contribution in [2.75, 3.05) is 5.32 Å². The Hall–Kier alpha value is -4.46. The first-order valence-corrected chi connectivity index (χ1v) is 9.55. The SMILES string of the molecule is O=C(Nc1ccccc1Cc1nc(-c2ccco2)no1)c1cc(=O)[nH]c2ccccc12. The summed E-state index contributed by atoms with van der Waals surface area (Å²) < 4.78 is 10.6. The quantitative estimate of drug-likeness (QED) is 0.451. The summed E-state index contributed by atoms with van der Waals surface area (Å²) >= 11 is 0. The van der Waals surface area contributed by atoms with Crippen LogP contribution >= 0.6 is 0 Å². The van der Waals surface area contributed by atoms with E-state index in [2.05, 4.69) is 20.4 Å². The van der Waals surface area contributed by atoms with Crippen molar-refractivity contribution in [2.45, 2.75) is 6.42 Å². The third-order valence-corrected chi connectivity index (χ3v) is 4.81. The Morgan fingerprint density at radius 3 is 2.74 bits per heavy atom. The van der Waals surface area contributed by atoms with Crippen molar-refractivity contribution in [1.82, 2.24) is 15.1 Å². The zero-order valence-electron chi connectivity index (χ0n) is 16.2. The molecule has 8 heteroatoms. The minimum atomic E-state index is -0.378. The Balaban J connectivity index is 1.43. The number of aromatic amines is 1. The van der Waals surface area contributed by atoms with Crippen LogP contribution in [0.25, 0.3) is 22.5 Å². The monoisotopic (exact) mass is 412 g/mol. The number of amides is 1. The maximum absolute atomic E-state index is 13.0. The predicted octanol–water partition coefficient (Wildman–Crippen LogP) is 4.01. The molecule has 0 aliphatic carbocycles. The Morgan fingerprint density at radius 1 is 1.03 bits per heavy atom. The van der Waals surface area contributed by atoms with Gasteiger partial charge >= 0.3 is 0 Å². The fourth-order valence-corrected chi connectivity index (χ4v) is 3.37. The second-order valence-corrected chi connectivity index (χ2v) is 6.87. The molecule has 5 aromatic rings. The van der Waals surface area contributed by atoms with Crippen LogP contribution in [0.1, 0.15) is 21.8 Å². The average molecular weight is 412 g/mol. The number of carbonyl (C=O) groups is 1. The standard InChI is InChI=1S/C23H16N4O4/c28-20-13-16(15-7-2-4-9-18(15)24-20)23(29)25-17-8-3-1-6-14(17)12-21-26-22(27-31-21)19-10-5-11-30-19/h1-11,13H,12H2,(H,24,28)(H,25,29). The van der Waals surface area contributed by atoms with E-state index in [4.69, 9.17) is 8.94 Å². The highest BCUT2D eigenvalue weighted by molar-refractivity contribution is 6.12. The van der Waals surface area contributed by atoms with Crippen LogP contribution in [0.5, 0.6) is 0 Å². The number of benzene rings is 2. The lowest BCUT2D eigenvalue weighted by molar-refractivity contribution is 0.102. The number of fused-ring (bicyclic) bond motifs is 1. The summed E-state index contributed by atoms with van der Waals surface area (Å²) in [6.45, 7) is 0. The van der Waals surface area contributed by atoms with Crippen LogP contribution in [0.4, 0.5) is 5.69 Å². The van der Waals surface area contributed by atoms with Crippen LogP contribution < -0.4 is 10.9 Å². The molecule has 2 aromatic carbocycles. The summed E-state index contributed by atoms with van der Waals surface area (Å²) in [6, 6.07) is 19.3. The van der Waals surface area contributed by atoms with E-state index >= 15 is 0 Å². The number of aromatic nitrogens is 3. The van der Waals surface area contributed by atoms with Crippen molar-refractivity contribution in [3.63, 3.8) is 0 Å².